The fourth-order valence-electron chi connectivity index (χ4n) is 3.16. The molecule has 0 N–H and O–H groups in total. The van der Waals surface area contributed by atoms with Gasteiger partial charge < -0.3 is 0 Å². The molecule has 34 heavy (non-hydrogen) atoms. The second kappa shape index (κ2) is 9.19. The molecule has 0 fully saturated rings. The molecule has 0 aliphatic rings. The Bertz CT molecular complexity index is 1480. The van der Waals surface area contributed by atoms with E-state index in [1.807, 2.05) is 0 Å². The van der Waals surface area contributed by atoms with Crippen LogP contribution in [-0.2, 0) is 47.8 Å². The average Bonchev–Trinajstić information content (AvgIpc) is 2.80. The molecule has 182 valence electrons. The standard InChI is InChI=1S/C6H6O3S.2C6H5O2S.C3H7O.O.Ti/c7-10(8,9)6-4-2-1-3-5-6;2*7-9(8)6-4-2-1-3-5-6;1-3(2)4;;/h1-5H,(H,7,8,9);2*1-5H;3H,1-2H3;;/q;;;-1;;+2/p-1. The van der Waals surface area contributed by atoms with Gasteiger partial charge >= 0.3 is 199 Å². The summed E-state index contributed by atoms with van der Waals surface area (Å²) >= 11 is -8.53. The van der Waals surface area contributed by atoms with Gasteiger partial charge in [0.2, 0.25) is 0 Å². The van der Waals surface area contributed by atoms with Crippen LogP contribution in [0.1, 0.15) is 13.8 Å². The van der Waals surface area contributed by atoms with Crippen LogP contribution in [0.3, 0.4) is 0 Å². The van der Waals surface area contributed by atoms with Crippen molar-refractivity contribution in [3.05, 3.63) is 91.0 Å². The van der Waals surface area contributed by atoms with E-state index in [2.05, 4.69) is 0 Å². The second-order valence-corrected chi connectivity index (χ2v) is 27.6. The Labute approximate surface area is 197 Å². The molecule has 0 aromatic heterocycles. The quantitative estimate of drug-likeness (QED) is 0.359. The number of hydrogen-bond acceptors (Lipinski definition) is 9. The number of rotatable bonds is 9. The SMILES string of the molecule is CC(C)[O][Ti](=[O])([O]S(=O)(=O)c1ccccc1)([S](=O)(=O)c1ccccc1)[S](=O)(=O)c1ccccc1. The first kappa shape index (κ1) is 26.5. The van der Waals surface area contributed by atoms with E-state index < -0.39 is 59.2 Å². The van der Waals surface area contributed by atoms with Gasteiger partial charge in [-0.3, -0.25) is 0 Å². The van der Waals surface area contributed by atoms with E-state index in [4.69, 9.17) is 6.08 Å². The Morgan fingerprint density at radius 1 is 0.588 bits per heavy atom. The molecule has 3 aromatic rings. The molecule has 13 heteroatoms. The zero-order valence-electron chi connectivity index (χ0n) is 18.1. The van der Waals surface area contributed by atoms with Gasteiger partial charge in [0.15, 0.2) is 0 Å². The van der Waals surface area contributed by atoms with E-state index in [-0.39, 0.29) is 0 Å². The van der Waals surface area contributed by atoms with Gasteiger partial charge in [-0.05, 0) is 0 Å². The van der Waals surface area contributed by atoms with Crippen molar-refractivity contribution in [3.63, 3.8) is 0 Å². The van der Waals surface area contributed by atoms with Crippen LogP contribution in [0, 0.1) is 0 Å². The van der Waals surface area contributed by atoms with Crippen LogP contribution in [-0.4, -0.2) is 31.4 Å². The second-order valence-electron chi connectivity index (χ2n) is 7.48. The molecule has 3 aromatic carbocycles. The molecule has 0 aliphatic carbocycles. The van der Waals surface area contributed by atoms with Crippen molar-refractivity contribution >= 4 is 25.0 Å². The third-order valence-electron chi connectivity index (χ3n) is 4.69. The molecular weight excluding hydrogens is 540 g/mol. The number of benzene rings is 3. The van der Waals surface area contributed by atoms with Crippen molar-refractivity contribution < 1.29 is 48.1 Å². The van der Waals surface area contributed by atoms with E-state index in [0.717, 1.165) is 36.4 Å². The predicted molar refractivity (Wildman–Crippen MR) is 119 cm³/mol. The van der Waals surface area contributed by atoms with Gasteiger partial charge in [0, 0.05) is 0 Å². The van der Waals surface area contributed by atoms with Gasteiger partial charge in [0.1, 0.15) is 0 Å². The van der Waals surface area contributed by atoms with E-state index in [9.17, 15) is 28.6 Å². The van der Waals surface area contributed by atoms with E-state index >= 15 is 0 Å². The van der Waals surface area contributed by atoms with Gasteiger partial charge in [-0.1, -0.05) is 0 Å². The molecule has 0 bridgehead atoms. The summed E-state index contributed by atoms with van der Waals surface area (Å²) in [5.41, 5.74) is 0. The van der Waals surface area contributed by atoms with Gasteiger partial charge in [0.25, 0.3) is 0 Å². The molecule has 0 spiro atoms. The Hall–Kier alpha value is -2.06. The average molecular weight is 562 g/mol. The van der Waals surface area contributed by atoms with Gasteiger partial charge in [-0.15, -0.1) is 0 Å². The van der Waals surface area contributed by atoms with Crippen LogP contribution in [0.4, 0.5) is 0 Å². The third-order valence-corrected chi connectivity index (χ3v) is 31.5. The topological polar surface area (TPSA) is 138 Å². The van der Waals surface area contributed by atoms with Crippen LogP contribution in [0.25, 0.3) is 0 Å². The maximum atomic E-state index is 14.9. The molecule has 0 atom stereocenters. The minimum absolute atomic E-state index is 0.597. The van der Waals surface area contributed by atoms with Crippen molar-refractivity contribution in [1.82, 2.24) is 0 Å². The zero-order valence-corrected chi connectivity index (χ0v) is 22.1. The van der Waals surface area contributed by atoms with E-state index in [1.54, 1.807) is 0 Å². The van der Waals surface area contributed by atoms with Gasteiger partial charge in [0.05, 0.1) is 0 Å². The Morgan fingerprint density at radius 3 is 1.24 bits per heavy atom. The van der Waals surface area contributed by atoms with Crippen LogP contribution in [0.2, 0.25) is 0 Å². The van der Waals surface area contributed by atoms with Crippen LogP contribution < -0.4 is 0 Å². The summed E-state index contributed by atoms with van der Waals surface area (Å²) in [4.78, 5) is -2.06. The van der Waals surface area contributed by atoms with E-state index in [1.165, 1.54) is 68.4 Å². The summed E-state index contributed by atoms with van der Waals surface area (Å²) in [5.74, 6) is 0. The molecule has 0 saturated heterocycles. The molecule has 0 heterocycles. The first-order chi connectivity index (χ1) is 15.8. The molecule has 0 aliphatic heterocycles. The normalized spacial score (nSPS) is 13.6. The summed E-state index contributed by atoms with van der Waals surface area (Å²) in [5, 5.41) is 0. The minimum atomic E-state index is -8.53. The summed E-state index contributed by atoms with van der Waals surface area (Å²) in [6.45, 7) is 2.44. The Kier molecular flexibility index (Phi) is 7.18. The van der Waals surface area contributed by atoms with E-state index in [0.29, 0.717) is 0 Å². The van der Waals surface area contributed by atoms with Crippen molar-refractivity contribution in [1.29, 1.82) is 0 Å². The molecular formula is C21H22O9S3Ti. The first-order valence-corrected chi connectivity index (χ1v) is 20.0. The van der Waals surface area contributed by atoms with Crippen molar-refractivity contribution in [3.8, 4) is 0 Å². The Balaban J connectivity index is 2.51. The molecule has 3 rings (SSSR count). The van der Waals surface area contributed by atoms with Crippen molar-refractivity contribution in [2.75, 3.05) is 0 Å². The number of hydrogen-bond donors (Lipinski definition) is 0. The third kappa shape index (κ3) is 4.24. The Morgan fingerprint density at radius 2 is 0.912 bits per heavy atom. The summed E-state index contributed by atoms with van der Waals surface area (Å²) in [6, 6.07) is 18.1. The van der Waals surface area contributed by atoms with Crippen LogP contribution in [0.5, 0.6) is 0 Å². The fraction of sp³-hybridized carbons (Fsp3) is 0.143. The molecule has 9 nitrogen and oxygen atoms in total. The first-order valence-electron chi connectivity index (χ1n) is 9.92. The van der Waals surface area contributed by atoms with Crippen molar-refractivity contribution in [2.45, 2.75) is 34.6 Å². The summed E-state index contributed by atoms with van der Waals surface area (Å²) in [6.07, 6.45) is -1.32. The van der Waals surface area contributed by atoms with Crippen LogP contribution >= 0.6 is 0 Å². The fourth-order valence-corrected chi connectivity index (χ4v) is 30.4. The summed E-state index contributed by atoms with van der Waals surface area (Å²) < 4.78 is 107. The predicted octanol–water partition coefficient (Wildman–Crippen LogP) is 3.46. The van der Waals surface area contributed by atoms with Gasteiger partial charge in [-0.2, -0.15) is 0 Å². The maximum absolute atomic E-state index is 14.9. The zero-order chi connectivity index (χ0) is 25.3. The molecule has 0 saturated carbocycles. The van der Waals surface area contributed by atoms with Crippen molar-refractivity contribution in [2.24, 2.45) is 0 Å². The molecule has 0 amide bonds. The molecule has 0 unspecified atom stereocenters. The van der Waals surface area contributed by atoms with Gasteiger partial charge in [-0.25, -0.2) is 0 Å². The summed E-state index contributed by atoms with van der Waals surface area (Å²) in [7, 11) is -16.4. The van der Waals surface area contributed by atoms with Crippen LogP contribution in [0.15, 0.2) is 106 Å². The molecule has 0 radical (unpaired) electrons. The monoisotopic (exact) mass is 562 g/mol.